The molecule has 1 heterocycles. The Labute approximate surface area is 128 Å². The van der Waals surface area contributed by atoms with E-state index in [4.69, 9.17) is 22.1 Å². The lowest BCUT2D eigenvalue weighted by molar-refractivity contribution is 0.102. The van der Waals surface area contributed by atoms with Gasteiger partial charge in [0.25, 0.3) is 5.91 Å². The van der Waals surface area contributed by atoms with Crippen LogP contribution >= 0.6 is 11.6 Å². The summed E-state index contributed by atoms with van der Waals surface area (Å²) in [6, 6.07) is 8.16. The molecular formula is C15H16ClN3O2. The number of ether oxygens (including phenoxy) is 1. The van der Waals surface area contributed by atoms with Gasteiger partial charge >= 0.3 is 0 Å². The number of hydrogen-bond acceptors (Lipinski definition) is 4. The van der Waals surface area contributed by atoms with Crippen LogP contribution in [0.1, 0.15) is 24.2 Å². The number of nitrogens with two attached hydrogens (primary N) is 1. The Bertz CT molecular complexity index is 659. The highest BCUT2D eigenvalue weighted by Crippen LogP contribution is 2.24. The van der Waals surface area contributed by atoms with Crippen molar-refractivity contribution in [2.24, 2.45) is 0 Å². The molecule has 3 N–H and O–H groups in total. The van der Waals surface area contributed by atoms with Gasteiger partial charge in [-0.05, 0) is 44.2 Å². The highest BCUT2D eigenvalue weighted by atomic mass is 35.5. The predicted molar refractivity (Wildman–Crippen MR) is 83.8 cm³/mol. The van der Waals surface area contributed by atoms with E-state index in [0.29, 0.717) is 27.8 Å². The fourth-order valence-corrected chi connectivity index (χ4v) is 1.89. The Hall–Kier alpha value is -2.27. The van der Waals surface area contributed by atoms with E-state index in [1.54, 1.807) is 30.5 Å². The highest BCUT2D eigenvalue weighted by Gasteiger charge is 2.14. The number of nitrogen functional groups attached to an aromatic ring is 1. The summed E-state index contributed by atoms with van der Waals surface area (Å²) in [7, 11) is 0. The third-order valence-electron chi connectivity index (χ3n) is 2.63. The molecule has 1 aromatic heterocycles. The van der Waals surface area contributed by atoms with Crippen molar-refractivity contribution in [3.05, 3.63) is 47.1 Å². The average Bonchev–Trinajstić information content (AvgIpc) is 2.43. The number of rotatable bonds is 4. The molecule has 0 radical (unpaired) electrons. The summed E-state index contributed by atoms with van der Waals surface area (Å²) in [6.07, 6.45) is 1.55. The number of nitrogens with one attached hydrogen (secondary N) is 1. The molecule has 0 aliphatic rings. The smallest absolute Gasteiger partial charge is 0.257 e. The standard InChI is InChI=1S/C15H16ClN3O2/c1-9(2)21-15-13(4-3-7-18-15)19-14(20)11-8-10(16)5-6-12(11)17/h3-9H,17H2,1-2H3,(H,19,20). The second-order valence-electron chi connectivity index (χ2n) is 4.71. The van der Waals surface area contributed by atoms with Gasteiger partial charge in [0, 0.05) is 16.9 Å². The summed E-state index contributed by atoms with van der Waals surface area (Å²) in [5, 5.41) is 3.18. The topological polar surface area (TPSA) is 77.2 Å². The van der Waals surface area contributed by atoms with E-state index < -0.39 is 0 Å². The predicted octanol–water partition coefficient (Wildman–Crippen LogP) is 3.36. The maximum Gasteiger partial charge on any atom is 0.257 e. The van der Waals surface area contributed by atoms with Crippen molar-refractivity contribution in [1.82, 2.24) is 4.98 Å². The molecule has 0 atom stereocenters. The molecule has 2 aromatic rings. The van der Waals surface area contributed by atoms with Crippen LogP contribution in [0, 0.1) is 0 Å². The molecule has 21 heavy (non-hydrogen) atoms. The van der Waals surface area contributed by atoms with E-state index in [1.807, 2.05) is 13.8 Å². The molecule has 0 unspecified atom stereocenters. The third kappa shape index (κ3) is 3.86. The summed E-state index contributed by atoms with van der Waals surface area (Å²) in [4.78, 5) is 16.4. The van der Waals surface area contributed by atoms with Gasteiger partial charge in [0.2, 0.25) is 5.88 Å². The van der Waals surface area contributed by atoms with Gasteiger partial charge in [-0.1, -0.05) is 11.6 Å². The molecule has 110 valence electrons. The lowest BCUT2D eigenvalue weighted by Crippen LogP contribution is -2.16. The van der Waals surface area contributed by atoms with Gasteiger partial charge in [-0.15, -0.1) is 0 Å². The number of pyridine rings is 1. The molecule has 2 rings (SSSR count). The number of anilines is 2. The fraction of sp³-hybridized carbons (Fsp3) is 0.200. The van der Waals surface area contributed by atoms with Gasteiger partial charge < -0.3 is 15.8 Å². The van der Waals surface area contributed by atoms with Crippen LogP contribution in [0.15, 0.2) is 36.5 Å². The van der Waals surface area contributed by atoms with Crippen molar-refractivity contribution in [2.45, 2.75) is 20.0 Å². The molecule has 5 nitrogen and oxygen atoms in total. The number of amides is 1. The van der Waals surface area contributed by atoms with Crippen LogP contribution < -0.4 is 15.8 Å². The van der Waals surface area contributed by atoms with Crippen LogP contribution in [0.2, 0.25) is 5.02 Å². The van der Waals surface area contributed by atoms with E-state index in [9.17, 15) is 4.79 Å². The maximum atomic E-state index is 12.3. The zero-order valence-electron chi connectivity index (χ0n) is 11.8. The molecule has 6 heteroatoms. The summed E-state index contributed by atoms with van der Waals surface area (Å²) in [6.45, 7) is 3.77. The molecule has 0 aliphatic carbocycles. The molecule has 0 aliphatic heterocycles. The zero-order chi connectivity index (χ0) is 15.4. The van der Waals surface area contributed by atoms with Crippen molar-refractivity contribution >= 4 is 28.9 Å². The summed E-state index contributed by atoms with van der Waals surface area (Å²) < 4.78 is 5.55. The number of carbonyl (C=O) groups excluding carboxylic acids is 1. The average molecular weight is 306 g/mol. The molecule has 1 amide bonds. The molecular weight excluding hydrogens is 290 g/mol. The number of hydrogen-bond donors (Lipinski definition) is 2. The Kier molecular flexibility index (Phi) is 4.65. The minimum Gasteiger partial charge on any atom is -0.473 e. The summed E-state index contributed by atoms with van der Waals surface area (Å²) in [5.74, 6) is -0.00180. The van der Waals surface area contributed by atoms with E-state index in [-0.39, 0.29) is 12.0 Å². The van der Waals surface area contributed by atoms with E-state index >= 15 is 0 Å². The van der Waals surface area contributed by atoms with Crippen LogP contribution in [-0.4, -0.2) is 17.0 Å². The van der Waals surface area contributed by atoms with Crippen LogP contribution in [0.3, 0.4) is 0 Å². The number of halogens is 1. The third-order valence-corrected chi connectivity index (χ3v) is 2.86. The Morgan fingerprint density at radius 2 is 2.14 bits per heavy atom. The SMILES string of the molecule is CC(C)Oc1ncccc1NC(=O)c1cc(Cl)ccc1N. The first-order valence-corrected chi connectivity index (χ1v) is 6.83. The highest BCUT2D eigenvalue weighted by molar-refractivity contribution is 6.31. The quantitative estimate of drug-likeness (QED) is 0.849. The second kappa shape index (κ2) is 6.45. The van der Waals surface area contributed by atoms with E-state index in [1.165, 1.54) is 6.07 Å². The molecule has 0 fully saturated rings. The van der Waals surface area contributed by atoms with E-state index in [0.717, 1.165) is 0 Å². The second-order valence-corrected chi connectivity index (χ2v) is 5.14. The first-order chi connectivity index (χ1) is 9.97. The Morgan fingerprint density at radius 3 is 2.86 bits per heavy atom. The first-order valence-electron chi connectivity index (χ1n) is 6.45. The summed E-state index contributed by atoms with van der Waals surface area (Å²) in [5.41, 5.74) is 6.94. The van der Waals surface area contributed by atoms with Gasteiger partial charge in [-0.25, -0.2) is 4.98 Å². The minimum absolute atomic E-state index is 0.0493. The monoisotopic (exact) mass is 305 g/mol. The fourth-order valence-electron chi connectivity index (χ4n) is 1.72. The van der Waals surface area contributed by atoms with Crippen LogP contribution in [0.25, 0.3) is 0 Å². The maximum absolute atomic E-state index is 12.3. The summed E-state index contributed by atoms with van der Waals surface area (Å²) >= 11 is 5.89. The number of nitrogens with zero attached hydrogens (tertiary/aromatic N) is 1. The van der Waals surface area contributed by atoms with Gasteiger partial charge in [-0.2, -0.15) is 0 Å². The minimum atomic E-state index is -0.364. The molecule has 1 aromatic carbocycles. The van der Waals surface area contributed by atoms with Crippen LogP contribution in [-0.2, 0) is 0 Å². The van der Waals surface area contributed by atoms with Crippen LogP contribution in [0.5, 0.6) is 5.88 Å². The molecule has 0 saturated carbocycles. The number of aromatic nitrogens is 1. The van der Waals surface area contributed by atoms with Crippen molar-refractivity contribution in [1.29, 1.82) is 0 Å². The van der Waals surface area contributed by atoms with Crippen molar-refractivity contribution in [3.8, 4) is 5.88 Å². The largest absolute Gasteiger partial charge is 0.473 e. The molecule has 0 bridgehead atoms. The molecule has 0 spiro atoms. The lowest BCUT2D eigenvalue weighted by Gasteiger charge is -2.14. The van der Waals surface area contributed by atoms with E-state index in [2.05, 4.69) is 10.3 Å². The number of carbonyl (C=O) groups is 1. The van der Waals surface area contributed by atoms with Gasteiger partial charge in [0.15, 0.2) is 0 Å². The van der Waals surface area contributed by atoms with Crippen molar-refractivity contribution < 1.29 is 9.53 Å². The van der Waals surface area contributed by atoms with Crippen LogP contribution in [0.4, 0.5) is 11.4 Å². The van der Waals surface area contributed by atoms with Crippen molar-refractivity contribution in [3.63, 3.8) is 0 Å². The zero-order valence-corrected chi connectivity index (χ0v) is 12.5. The number of benzene rings is 1. The first kappa shape index (κ1) is 15.1. The lowest BCUT2D eigenvalue weighted by atomic mass is 10.1. The van der Waals surface area contributed by atoms with Gasteiger partial charge in [0.05, 0.1) is 11.7 Å². The van der Waals surface area contributed by atoms with Gasteiger partial charge in [-0.3, -0.25) is 4.79 Å². The molecule has 0 saturated heterocycles. The van der Waals surface area contributed by atoms with Crippen molar-refractivity contribution in [2.75, 3.05) is 11.1 Å². The Morgan fingerprint density at radius 1 is 1.38 bits per heavy atom. The normalized spacial score (nSPS) is 10.5. The van der Waals surface area contributed by atoms with Gasteiger partial charge in [0.1, 0.15) is 5.69 Å². The Balaban J connectivity index is 2.25.